The van der Waals surface area contributed by atoms with Crippen molar-refractivity contribution in [3.05, 3.63) is 0 Å². The van der Waals surface area contributed by atoms with Gasteiger partial charge < -0.3 is 15.5 Å². The van der Waals surface area contributed by atoms with E-state index in [1.165, 1.54) is 45.3 Å². The van der Waals surface area contributed by atoms with Crippen LogP contribution in [0.5, 0.6) is 0 Å². The molecule has 1 aliphatic heterocycles. The first-order chi connectivity index (χ1) is 12.7. The number of aliphatic imine (C=N–C) groups is 1. The summed E-state index contributed by atoms with van der Waals surface area (Å²) >= 11 is 0. The molecule has 0 spiro atoms. The Balaban J connectivity index is 1.78. The van der Waals surface area contributed by atoms with Gasteiger partial charge in [0.2, 0.25) is 0 Å². The fraction of sp³-hybridized carbons (Fsp3) is 0.950. The molecular weight excluding hydrogens is 344 g/mol. The average Bonchev–Trinajstić information content (AvgIpc) is 2.68. The lowest BCUT2D eigenvalue weighted by Gasteiger charge is -2.31. The van der Waals surface area contributed by atoms with Crippen LogP contribution in [0.2, 0.25) is 0 Å². The van der Waals surface area contributed by atoms with E-state index < -0.39 is 10.8 Å². The van der Waals surface area contributed by atoms with Gasteiger partial charge in [-0.3, -0.25) is 9.20 Å². The van der Waals surface area contributed by atoms with Crippen molar-refractivity contribution in [2.75, 3.05) is 38.5 Å². The Kier molecular flexibility index (Phi) is 9.97. The predicted octanol–water partition coefficient (Wildman–Crippen LogP) is 2.74. The van der Waals surface area contributed by atoms with Crippen LogP contribution < -0.4 is 10.6 Å². The van der Waals surface area contributed by atoms with E-state index in [-0.39, 0.29) is 0 Å². The highest BCUT2D eigenvalue weighted by molar-refractivity contribution is 7.85. The largest absolute Gasteiger partial charge is 0.357 e. The Labute approximate surface area is 163 Å². The highest BCUT2D eigenvalue weighted by atomic mass is 32.2. The number of likely N-dealkylation sites (tertiary alicyclic amines) is 1. The lowest BCUT2D eigenvalue weighted by molar-refractivity contribution is 0.188. The summed E-state index contributed by atoms with van der Waals surface area (Å²) < 4.78 is 12.1. The molecule has 1 saturated carbocycles. The molecule has 0 aromatic heterocycles. The van der Waals surface area contributed by atoms with Gasteiger partial charge in [-0.15, -0.1) is 0 Å². The van der Waals surface area contributed by atoms with Crippen molar-refractivity contribution in [2.45, 2.75) is 77.0 Å². The highest BCUT2D eigenvalue weighted by Gasteiger charge is 2.26. The van der Waals surface area contributed by atoms with Crippen LogP contribution in [0.3, 0.4) is 0 Å². The maximum atomic E-state index is 12.1. The van der Waals surface area contributed by atoms with Gasteiger partial charge in [0.15, 0.2) is 5.96 Å². The first kappa shape index (κ1) is 21.7. The lowest BCUT2D eigenvalue weighted by atomic mass is 9.94. The minimum Gasteiger partial charge on any atom is -0.357 e. The fourth-order valence-electron chi connectivity index (χ4n) is 4.21. The average molecular weight is 385 g/mol. The van der Waals surface area contributed by atoms with Gasteiger partial charge in [0.25, 0.3) is 0 Å². The van der Waals surface area contributed by atoms with Crippen molar-refractivity contribution in [3.8, 4) is 0 Å². The topological polar surface area (TPSA) is 56.7 Å². The maximum absolute atomic E-state index is 12.1. The highest BCUT2D eigenvalue weighted by Crippen LogP contribution is 2.23. The molecule has 2 N–H and O–H groups in total. The Morgan fingerprint density at radius 3 is 2.58 bits per heavy atom. The van der Waals surface area contributed by atoms with E-state index in [9.17, 15) is 4.21 Å². The van der Waals surface area contributed by atoms with E-state index in [1.807, 2.05) is 6.92 Å². The zero-order chi connectivity index (χ0) is 18.8. The van der Waals surface area contributed by atoms with Crippen LogP contribution >= 0.6 is 0 Å². The molecule has 26 heavy (non-hydrogen) atoms. The van der Waals surface area contributed by atoms with Gasteiger partial charge in [-0.05, 0) is 71.0 Å². The van der Waals surface area contributed by atoms with Crippen LogP contribution in [0, 0.1) is 5.92 Å². The second-order valence-corrected chi connectivity index (χ2v) is 9.73. The minimum atomic E-state index is -0.670. The molecule has 2 rings (SSSR count). The van der Waals surface area contributed by atoms with Gasteiger partial charge in [-0.2, -0.15) is 0 Å². The number of guanidine groups is 1. The summed E-state index contributed by atoms with van der Waals surface area (Å²) in [5, 5.41) is 7.37. The summed E-state index contributed by atoms with van der Waals surface area (Å²) in [5.41, 5.74) is 0. The van der Waals surface area contributed by atoms with Crippen LogP contribution in [-0.4, -0.2) is 64.8 Å². The third-order valence-corrected chi connectivity index (χ3v) is 7.67. The molecule has 0 bridgehead atoms. The standard InChI is InChI=1S/C20H40N4OS/c1-4-21-20(22-13-10-17-11-14-24(5-2)15-12-17)23-18-8-7-9-19(16-18)26(25)6-3/h17-19H,4-16H2,1-3H3,(H2,21,22,23). The van der Waals surface area contributed by atoms with Crippen molar-refractivity contribution >= 4 is 16.8 Å². The van der Waals surface area contributed by atoms with Gasteiger partial charge in [-0.1, -0.05) is 20.3 Å². The molecule has 152 valence electrons. The van der Waals surface area contributed by atoms with Gasteiger partial charge in [0.1, 0.15) is 0 Å². The molecule has 0 radical (unpaired) electrons. The molecule has 3 atom stereocenters. The smallest absolute Gasteiger partial charge is 0.191 e. The van der Waals surface area contributed by atoms with E-state index >= 15 is 0 Å². The summed E-state index contributed by atoms with van der Waals surface area (Å²) in [6.07, 6.45) is 8.30. The summed E-state index contributed by atoms with van der Waals surface area (Å²) in [6, 6.07) is 0.412. The van der Waals surface area contributed by atoms with Gasteiger partial charge in [0, 0.05) is 40.9 Å². The van der Waals surface area contributed by atoms with Crippen molar-refractivity contribution < 1.29 is 4.21 Å². The van der Waals surface area contributed by atoms with Crippen LogP contribution in [-0.2, 0) is 10.8 Å². The van der Waals surface area contributed by atoms with Crippen molar-refractivity contribution in [2.24, 2.45) is 10.9 Å². The van der Waals surface area contributed by atoms with Gasteiger partial charge in [0.05, 0.1) is 0 Å². The normalized spacial score (nSPS) is 27.3. The number of hydrogen-bond donors (Lipinski definition) is 2. The van der Waals surface area contributed by atoms with E-state index in [4.69, 9.17) is 4.99 Å². The third-order valence-electron chi connectivity index (χ3n) is 5.93. The molecule has 2 fully saturated rings. The third kappa shape index (κ3) is 7.18. The summed E-state index contributed by atoms with van der Waals surface area (Å²) in [7, 11) is -0.670. The predicted molar refractivity (Wildman–Crippen MR) is 113 cm³/mol. The van der Waals surface area contributed by atoms with Crippen molar-refractivity contribution in [3.63, 3.8) is 0 Å². The SMILES string of the molecule is CCNC(=NCCC1CCN(CC)CC1)NC1CCCC(S(=O)CC)C1. The van der Waals surface area contributed by atoms with E-state index in [0.717, 1.165) is 50.0 Å². The number of nitrogens with one attached hydrogen (secondary N) is 2. The monoisotopic (exact) mass is 384 g/mol. The maximum Gasteiger partial charge on any atom is 0.191 e. The number of hydrogen-bond acceptors (Lipinski definition) is 3. The molecular formula is C20H40N4OS. The number of rotatable bonds is 8. The molecule has 1 heterocycles. The molecule has 1 saturated heterocycles. The van der Waals surface area contributed by atoms with Crippen LogP contribution in [0.4, 0.5) is 0 Å². The van der Waals surface area contributed by atoms with E-state index in [0.29, 0.717) is 11.3 Å². The zero-order valence-corrected chi connectivity index (χ0v) is 18.0. The van der Waals surface area contributed by atoms with Gasteiger partial charge in [-0.25, -0.2) is 0 Å². The Morgan fingerprint density at radius 1 is 1.15 bits per heavy atom. The first-order valence-corrected chi connectivity index (χ1v) is 12.2. The number of piperidine rings is 1. The second-order valence-electron chi connectivity index (χ2n) is 7.73. The molecule has 6 heteroatoms. The zero-order valence-electron chi connectivity index (χ0n) is 17.1. The molecule has 0 aromatic rings. The summed E-state index contributed by atoms with van der Waals surface area (Å²) in [5.74, 6) is 2.56. The fourth-order valence-corrected chi connectivity index (χ4v) is 5.56. The summed E-state index contributed by atoms with van der Waals surface area (Å²) in [4.78, 5) is 7.38. The minimum absolute atomic E-state index is 0.359. The molecule has 2 aliphatic rings. The summed E-state index contributed by atoms with van der Waals surface area (Å²) in [6.45, 7) is 11.9. The molecule has 1 aliphatic carbocycles. The second kappa shape index (κ2) is 12.0. The molecule has 0 aromatic carbocycles. The van der Waals surface area contributed by atoms with Gasteiger partial charge >= 0.3 is 0 Å². The van der Waals surface area contributed by atoms with E-state index in [2.05, 4.69) is 29.4 Å². The molecule has 0 amide bonds. The Bertz CT molecular complexity index is 449. The quantitative estimate of drug-likeness (QED) is 0.499. The van der Waals surface area contributed by atoms with E-state index in [1.54, 1.807) is 0 Å². The first-order valence-electron chi connectivity index (χ1n) is 10.8. The van der Waals surface area contributed by atoms with Crippen LogP contribution in [0.15, 0.2) is 4.99 Å². The Hall–Kier alpha value is -0.620. The lowest BCUT2D eigenvalue weighted by Crippen LogP contribution is -2.46. The van der Waals surface area contributed by atoms with Crippen molar-refractivity contribution in [1.29, 1.82) is 0 Å². The van der Waals surface area contributed by atoms with Crippen molar-refractivity contribution in [1.82, 2.24) is 15.5 Å². The molecule has 5 nitrogen and oxygen atoms in total. The number of nitrogens with zero attached hydrogens (tertiary/aromatic N) is 2. The molecule has 3 unspecified atom stereocenters. The van der Waals surface area contributed by atoms with Crippen LogP contribution in [0.25, 0.3) is 0 Å². The Morgan fingerprint density at radius 2 is 1.92 bits per heavy atom. The van der Waals surface area contributed by atoms with Crippen LogP contribution in [0.1, 0.15) is 65.7 Å².